The van der Waals surface area contributed by atoms with Crippen molar-refractivity contribution in [1.82, 2.24) is 10.3 Å². The number of hydrogen-bond acceptors (Lipinski definition) is 5. The molecule has 5 aromatic rings. The second kappa shape index (κ2) is 9.62. The van der Waals surface area contributed by atoms with Crippen LogP contribution < -0.4 is 10.1 Å². The van der Waals surface area contributed by atoms with Gasteiger partial charge in [0.25, 0.3) is 0 Å². The summed E-state index contributed by atoms with van der Waals surface area (Å²) in [7, 11) is 0. The van der Waals surface area contributed by atoms with Gasteiger partial charge >= 0.3 is 0 Å². The highest BCUT2D eigenvalue weighted by atomic mass is 16.5. The normalized spacial score (nSPS) is 18.3. The Kier molecular flexibility index (Phi) is 6.26. The zero-order chi connectivity index (χ0) is 26.4. The minimum Gasteiger partial charge on any atom is -0.491 e. The molecule has 1 aliphatic rings. The van der Waals surface area contributed by atoms with Gasteiger partial charge in [-0.25, -0.2) is 0 Å². The number of benzene rings is 3. The molecule has 0 saturated heterocycles. The van der Waals surface area contributed by atoms with Gasteiger partial charge in [0.2, 0.25) is 0 Å². The molecule has 3 aromatic carbocycles. The van der Waals surface area contributed by atoms with Gasteiger partial charge in [-0.15, -0.1) is 0 Å². The minimum absolute atomic E-state index is 0.0588. The van der Waals surface area contributed by atoms with Crippen LogP contribution in [0.4, 0.5) is 0 Å². The van der Waals surface area contributed by atoms with Crippen LogP contribution in [0.15, 0.2) is 71.1 Å². The van der Waals surface area contributed by atoms with Gasteiger partial charge in [-0.05, 0) is 81.5 Å². The number of aliphatic hydroxyl groups is 2. The third-order valence-corrected chi connectivity index (χ3v) is 7.73. The first-order valence-corrected chi connectivity index (χ1v) is 13.3. The van der Waals surface area contributed by atoms with E-state index < -0.39 is 11.8 Å². The Labute approximate surface area is 222 Å². The maximum absolute atomic E-state index is 11.6. The van der Waals surface area contributed by atoms with Crippen LogP contribution in [0.1, 0.15) is 48.9 Å². The van der Waals surface area contributed by atoms with Crippen molar-refractivity contribution in [2.45, 2.75) is 57.9 Å². The zero-order valence-corrected chi connectivity index (χ0v) is 22.0. The molecule has 0 aliphatic heterocycles. The standard InChI is InChI=1S/C32H34N2O4/c1-19(2)37-28-12-11-22(29-16-21-8-4-5-10-27(21)38-29)15-24(28)31(36)34-32(18-35)14-13-26-25(17-32)23-9-6-7-20(3)30(23)33-26/h4-12,15-16,19,31,33-36H,13-14,17-18H2,1-3H3. The largest absolute Gasteiger partial charge is 0.491 e. The Bertz CT molecular complexity index is 1580. The average Bonchev–Trinajstić information content (AvgIpc) is 3.51. The number of furan rings is 1. The predicted octanol–water partition coefficient (Wildman–Crippen LogP) is 6.18. The Balaban J connectivity index is 1.35. The van der Waals surface area contributed by atoms with E-state index in [0.29, 0.717) is 24.2 Å². The lowest BCUT2D eigenvalue weighted by molar-refractivity contribution is 0.0479. The highest BCUT2D eigenvalue weighted by Crippen LogP contribution is 2.38. The molecule has 1 aliphatic carbocycles. The smallest absolute Gasteiger partial charge is 0.135 e. The molecule has 38 heavy (non-hydrogen) atoms. The molecule has 2 atom stereocenters. The number of ether oxygens (including phenoxy) is 1. The summed E-state index contributed by atoms with van der Waals surface area (Å²) >= 11 is 0. The lowest BCUT2D eigenvalue weighted by Gasteiger charge is -2.39. The van der Waals surface area contributed by atoms with Crippen LogP contribution in [-0.2, 0) is 12.8 Å². The Morgan fingerprint density at radius 3 is 2.71 bits per heavy atom. The first kappa shape index (κ1) is 24.7. The van der Waals surface area contributed by atoms with E-state index in [4.69, 9.17) is 9.15 Å². The lowest BCUT2D eigenvalue weighted by Crippen LogP contribution is -2.53. The molecule has 0 fully saturated rings. The molecular formula is C32H34N2O4. The van der Waals surface area contributed by atoms with Crippen LogP contribution in [0.25, 0.3) is 33.2 Å². The number of rotatable bonds is 7. The molecule has 6 rings (SSSR count). The summed E-state index contributed by atoms with van der Waals surface area (Å²) in [6.07, 6.45) is 0.995. The van der Waals surface area contributed by atoms with Crippen LogP contribution in [0.3, 0.4) is 0 Å². The van der Waals surface area contributed by atoms with E-state index in [-0.39, 0.29) is 12.7 Å². The molecule has 0 saturated carbocycles. The van der Waals surface area contributed by atoms with Crippen molar-refractivity contribution in [3.63, 3.8) is 0 Å². The molecule has 2 aromatic heterocycles. The van der Waals surface area contributed by atoms with Gasteiger partial charge in [0.1, 0.15) is 23.3 Å². The maximum Gasteiger partial charge on any atom is 0.135 e. The fourth-order valence-corrected chi connectivity index (χ4v) is 5.75. The summed E-state index contributed by atoms with van der Waals surface area (Å²) in [4.78, 5) is 3.60. The van der Waals surface area contributed by atoms with E-state index in [0.717, 1.165) is 34.2 Å². The van der Waals surface area contributed by atoms with E-state index >= 15 is 0 Å². The van der Waals surface area contributed by atoms with Crippen molar-refractivity contribution in [1.29, 1.82) is 0 Å². The van der Waals surface area contributed by atoms with Crippen LogP contribution >= 0.6 is 0 Å². The second-order valence-corrected chi connectivity index (χ2v) is 10.8. The number of aromatic nitrogens is 1. The van der Waals surface area contributed by atoms with Crippen molar-refractivity contribution in [2.75, 3.05) is 6.61 Å². The lowest BCUT2D eigenvalue weighted by atomic mass is 9.79. The molecule has 0 radical (unpaired) electrons. The predicted molar refractivity (Wildman–Crippen MR) is 150 cm³/mol. The summed E-state index contributed by atoms with van der Waals surface area (Å²) in [5.74, 6) is 1.33. The number of aryl methyl sites for hydroxylation is 2. The van der Waals surface area contributed by atoms with Crippen LogP contribution in [-0.4, -0.2) is 33.4 Å². The number of aromatic amines is 1. The molecule has 0 bridgehead atoms. The van der Waals surface area contributed by atoms with Gasteiger partial charge in [-0.2, -0.15) is 0 Å². The monoisotopic (exact) mass is 510 g/mol. The molecule has 2 heterocycles. The number of nitrogens with one attached hydrogen (secondary N) is 2. The van der Waals surface area contributed by atoms with Gasteiger partial charge in [-0.1, -0.05) is 36.4 Å². The molecule has 6 heteroatoms. The average molecular weight is 511 g/mol. The van der Waals surface area contributed by atoms with Gasteiger partial charge in [-0.3, -0.25) is 5.32 Å². The first-order chi connectivity index (χ1) is 18.4. The van der Waals surface area contributed by atoms with E-state index in [1.165, 1.54) is 22.2 Å². The number of H-pyrrole nitrogens is 1. The van der Waals surface area contributed by atoms with Crippen molar-refractivity contribution in [3.05, 3.63) is 89.1 Å². The number of hydrogen-bond donors (Lipinski definition) is 4. The van der Waals surface area contributed by atoms with Crippen molar-refractivity contribution in [2.24, 2.45) is 0 Å². The van der Waals surface area contributed by atoms with Crippen LogP contribution in [0.5, 0.6) is 5.75 Å². The van der Waals surface area contributed by atoms with E-state index in [9.17, 15) is 10.2 Å². The zero-order valence-electron chi connectivity index (χ0n) is 22.0. The van der Waals surface area contributed by atoms with Gasteiger partial charge in [0.05, 0.1) is 12.7 Å². The van der Waals surface area contributed by atoms with E-state index in [1.807, 2.05) is 62.4 Å². The molecule has 2 unspecified atom stereocenters. The highest BCUT2D eigenvalue weighted by molar-refractivity contribution is 5.87. The Hall–Kier alpha value is -3.58. The molecular weight excluding hydrogens is 476 g/mol. The van der Waals surface area contributed by atoms with Crippen LogP contribution in [0.2, 0.25) is 0 Å². The van der Waals surface area contributed by atoms with Gasteiger partial charge in [0, 0.05) is 38.6 Å². The third kappa shape index (κ3) is 4.39. The quantitative estimate of drug-likeness (QED) is 0.196. The summed E-state index contributed by atoms with van der Waals surface area (Å²) in [6, 6.07) is 22.0. The molecule has 4 N–H and O–H groups in total. The Morgan fingerprint density at radius 2 is 1.92 bits per heavy atom. The number of fused-ring (bicyclic) bond motifs is 4. The van der Waals surface area contributed by atoms with Crippen molar-refractivity contribution >= 4 is 21.9 Å². The molecule has 196 valence electrons. The number of aliphatic hydroxyl groups excluding tert-OH is 2. The van der Waals surface area contributed by atoms with E-state index in [2.05, 4.69) is 35.4 Å². The molecule has 0 amide bonds. The summed E-state index contributed by atoms with van der Waals surface area (Å²) in [5.41, 5.74) is 6.39. The van der Waals surface area contributed by atoms with Crippen molar-refractivity contribution < 1.29 is 19.4 Å². The molecule has 6 nitrogen and oxygen atoms in total. The summed E-state index contributed by atoms with van der Waals surface area (Å²) < 4.78 is 12.2. The summed E-state index contributed by atoms with van der Waals surface area (Å²) in [5, 5.41) is 27.8. The molecule has 0 spiro atoms. The van der Waals surface area contributed by atoms with Gasteiger partial charge in [0.15, 0.2) is 0 Å². The SMILES string of the molecule is Cc1cccc2c3c([nH]c12)CCC(CO)(NC(O)c1cc(-c2cc4ccccc4o2)ccc1OC(C)C)C3. The third-order valence-electron chi connectivity index (χ3n) is 7.73. The maximum atomic E-state index is 11.6. The fraction of sp³-hybridized carbons (Fsp3) is 0.312. The van der Waals surface area contributed by atoms with E-state index in [1.54, 1.807) is 0 Å². The van der Waals surface area contributed by atoms with Crippen LogP contribution in [0, 0.1) is 6.92 Å². The van der Waals surface area contributed by atoms with Gasteiger partial charge < -0.3 is 24.4 Å². The topological polar surface area (TPSA) is 90.7 Å². The minimum atomic E-state index is -1.05. The Morgan fingerprint density at radius 1 is 1.08 bits per heavy atom. The van der Waals surface area contributed by atoms with Crippen molar-refractivity contribution in [3.8, 4) is 17.1 Å². The first-order valence-electron chi connectivity index (χ1n) is 13.3. The number of para-hydroxylation sites is 2. The highest BCUT2D eigenvalue weighted by Gasteiger charge is 2.38. The fourth-order valence-electron chi connectivity index (χ4n) is 5.75. The second-order valence-electron chi connectivity index (χ2n) is 10.8. The summed E-state index contributed by atoms with van der Waals surface area (Å²) in [6.45, 7) is 5.95.